The predicted molar refractivity (Wildman–Crippen MR) is 128 cm³/mol. The molecule has 10 heteroatoms. The van der Waals surface area contributed by atoms with Crippen LogP contribution in [0.4, 0.5) is 8.78 Å². The molecular formula is C27H22F2N2O6. The Morgan fingerprint density at radius 3 is 2.35 bits per heavy atom. The number of aliphatic hydroxyl groups excluding tert-OH is 1. The molecule has 2 aliphatic heterocycles. The molecule has 0 spiro atoms. The Labute approximate surface area is 209 Å². The number of benzene rings is 3. The molecule has 2 aliphatic rings. The number of nitrogens with one attached hydrogen (secondary N) is 1. The van der Waals surface area contributed by atoms with Crippen LogP contribution in [-0.2, 0) is 14.2 Å². The summed E-state index contributed by atoms with van der Waals surface area (Å²) in [5.41, 5.74) is 2.31. The molecular weight excluding hydrogens is 486 g/mol. The van der Waals surface area contributed by atoms with Crippen LogP contribution < -0.4 is 4.74 Å². The summed E-state index contributed by atoms with van der Waals surface area (Å²) in [6.45, 7) is 0.333. The monoisotopic (exact) mass is 508 g/mol. The summed E-state index contributed by atoms with van der Waals surface area (Å²) in [5, 5.41) is 9.89. The fraction of sp³-hybridized carbons (Fsp3) is 0.259. The summed E-state index contributed by atoms with van der Waals surface area (Å²) >= 11 is 0. The van der Waals surface area contributed by atoms with Gasteiger partial charge in [0.25, 0.3) is 6.01 Å². The first-order valence-electron chi connectivity index (χ1n) is 11.7. The molecule has 4 unspecified atom stereocenters. The lowest BCUT2D eigenvalue weighted by Crippen LogP contribution is -2.34. The number of imidazole rings is 1. The Morgan fingerprint density at radius 2 is 1.65 bits per heavy atom. The number of halogens is 2. The molecule has 0 aliphatic carbocycles. The van der Waals surface area contributed by atoms with Crippen LogP contribution in [0.5, 0.6) is 6.01 Å². The zero-order chi connectivity index (χ0) is 25.7. The standard InChI is InChI=1S/C27H22F2N2O6/c1-34-26(33)16-8-4-14(5-9-16)13-2-6-15(7-3-13)21-17(28)10-18-23(22(21)29)31-27(30-18)37-20-12-36-24-19(32)11-35-25(20)24/h2-10,19-20,24-25,32H,11-12H2,1H3,(H,30,31). The van der Waals surface area contributed by atoms with Gasteiger partial charge >= 0.3 is 5.97 Å². The first-order chi connectivity index (χ1) is 17.9. The van der Waals surface area contributed by atoms with E-state index >= 15 is 8.78 Å². The zero-order valence-electron chi connectivity index (χ0n) is 19.6. The van der Waals surface area contributed by atoms with Crippen molar-refractivity contribution in [1.82, 2.24) is 9.97 Å². The number of fused-ring (bicyclic) bond motifs is 2. The van der Waals surface area contributed by atoms with Crippen LogP contribution in [0.15, 0.2) is 54.6 Å². The lowest BCUT2D eigenvalue weighted by atomic mass is 9.98. The number of methoxy groups -OCH3 is 1. The topological polar surface area (TPSA) is 103 Å². The molecule has 4 atom stereocenters. The quantitative estimate of drug-likeness (QED) is 0.395. The average molecular weight is 508 g/mol. The van der Waals surface area contributed by atoms with Crippen molar-refractivity contribution in [3.63, 3.8) is 0 Å². The van der Waals surface area contributed by atoms with Crippen molar-refractivity contribution in [2.45, 2.75) is 24.4 Å². The van der Waals surface area contributed by atoms with Crippen molar-refractivity contribution in [2.24, 2.45) is 0 Å². The van der Waals surface area contributed by atoms with E-state index in [4.69, 9.17) is 18.9 Å². The zero-order valence-corrected chi connectivity index (χ0v) is 19.6. The second-order valence-corrected chi connectivity index (χ2v) is 8.95. The lowest BCUT2D eigenvalue weighted by Gasteiger charge is -2.15. The van der Waals surface area contributed by atoms with E-state index < -0.39 is 42.0 Å². The van der Waals surface area contributed by atoms with Gasteiger partial charge in [0.2, 0.25) is 0 Å². The number of rotatable bonds is 5. The largest absolute Gasteiger partial charge is 0.465 e. The van der Waals surface area contributed by atoms with E-state index in [-0.39, 0.29) is 35.8 Å². The highest BCUT2D eigenvalue weighted by Gasteiger charge is 2.48. The molecule has 2 N–H and O–H groups in total. The summed E-state index contributed by atoms with van der Waals surface area (Å²) in [4.78, 5) is 18.6. The van der Waals surface area contributed by atoms with Gasteiger partial charge in [0.1, 0.15) is 29.6 Å². The number of hydrogen-bond donors (Lipinski definition) is 2. The third kappa shape index (κ3) is 4.12. The summed E-state index contributed by atoms with van der Waals surface area (Å²) in [7, 11) is 1.32. The van der Waals surface area contributed by atoms with E-state index in [9.17, 15) is 9.90 Å². The SMILES string of the molecule is COC(=O)c1ccc(-c2ccc(-c3c(F)cc4[nH]c(OC5COC6C(O)COC56)nc4c3F)cc2)cc1. The van der Waals surface area contributed by atoms with E-state index in [1.807, 2.05) is 0 Å². The maximum atomic E-state index is 15.5. The van der Waals surface area contributed by atoms with Crippen LogP contribution in [0, 0.1) is 11.6 Å². The molecule has 0 bridgehead atoms. The highest BCUT2D eigenvalue weighted by Crippen LogP contribution is 2.34. The number of carbonyl (C=O) groups excluding carboxylic acids is 1. The van der Waals surface area contributed by atoms with Gasteiger partial charge in [-0.3, -0.25) is 0 Å². The van der Waals surface area contributed by atoms with Crippen LogP contribution in [0.1, 0.15) is 10.4 Å². The van der Waals surface area contributed by atoms with Crippen molar-refractivity contribution in [3.8, 4) is 28.3 Å². The van der Waals surface area contributed by atoms with Crippen molar-refractivity contribution in [1.29, 1.82) is 0 Å². The van der Waals surface area contributed by atoms with Gasteiger partial charge in [-0.2, -0.15) is 4.98 Å². The van der Waals surface area contributed by atoms with Crippen molar-refractivity contribution in [3.05, 3.63) is 71.8 Å². The first kappa shape index (κ1) is 23.5. The number of aromatic nitrogens is 2. The summed E-state index contributed by atoms with van der Waals surface area (Å²) in [5.74, 6) is -1.99. The molecule has 4 aromatic rings. The van der Waals surface area contributed by atoms with Gasteiger partial charge in [0.15, 0.2) is 11.9 Å². The molecule has 0 amide bonds. The number of hydrogen-bond acceptors (Lipinski definition) is 7. The molecule has 37 heavy (non-hydrogen) atoms. The molecule has 0 saturated carbocycles. The second-order valence-electron chi connectivity index (χ2n) is 8.95. The van der Waals surface area contributed by atoms with Gasteiger partial charge in [-0.25, -0.2) is 13.6 Å². The fourth-order valence-electron chi connectivity index (χ4n) is 4.81. The van der Waals surface area contributed by atoms with E-state index in [2.05, 4.69) is 9.97 Å². The normalized spacial score (nSPS) is 22.8. The van der Waals surface area contributed by atoms with E-state index in [0.717, 1.165) is 11.1 Å². The molecule has 3 heterocycles. The average Bonchev–Trinajstić information content (AvgIpc) is 3.61. The Kier molecular flexibility index (Phi) is 5.86. The highest BCUT2D eigenvalue weighted by molar-refractivity contribution is 5.90. The van der Waals surface area contributed by atoms with E-state index in [1.165, 1.54) is 13.2 Å². The molecule has 6 rings (SSSR count). The number of ether oxygens (including phenoxy) is 4. The molecule has 1 aromatic heterocycles. The Hall–Kier alpha value is -3.86. The van der Waals surface area contributed by atoms with Crippen LogP contribution in [-0.4, -0.2) is 65.8 Å². The number of aromatic amines is 1. The fourth-order valence-corrected chi connectivity index (χ4v) is 4.81. The van der Waals surface area contributed by atoms with Gasteiger partial charge in [-0.1, -0.05) is 36.4 Å². The number of H-pyrrole nitrogens is 1. The van der Waals surface area contributed by atoms with Crippen LogP contribution in [0.2, 0.25) is 0 Å². The third-order valence-corrected chi connectivity index (χ3v) is 6.71. The maximum Gasteiger partial charge on any atom is 0.337 e. The minimum Gasteiger partial charge on any atom is -0.465 e. The summed E-state index contributed by atoms with van der Waals surface area (Å²) < 4.78 is 52.1. The van der Waals surface area contributed by atoms with Crippen LogP contribution >= 0.6 is 0 Å². The third-order valence-electron chi connectivity index (χ3n) is 6.71. The summed E-state index contributed by atoms with van der Waals surface area (Å²) in [6, 6.07) is 14.8. The molecule has 8 nitrogen and oxygen atoms in total. The molecule has 2 fully saturated rings. The van der Waals surface area contributed by atoms with Gasteiger partial charge in [-0.15, -0.1) is 0 Å². The van der Waals surface area contributed by atoms with Crippen LogP contribution in [0.3, 0.4) is 0 Å². The highest BCUT2D eigenvalue weighted by atomic mass is 19.1. The Balaban J connectivity index is 1.26. The molecule has 190 valence electrons. The van der Waals surface area contributed by atoms with Crippen molar-refractivity contribution < 1.29 is 37.6 Å². The van der Waals surface area contributed by atoms with Gasteiger partial charge in [0.05, 0.1) is 37.0 Å². The molecule has 0 radical (unpaired) electrons. The minimum atomic E-state index is -0.815. The predicted octanol–water partition coefficient (Wildman–Crippen LogP) is 3.87. The van der Waals surface area contributed by atoms with Crippen molar-refractivity contribution >= 4 is 17.0 Å². The van der Waals surface area contributed by atoms with Gasteiger partial charge in [-0.05, 0) is 28.8 Å². The maximum absolute atomic E-state index is 15.5. The van der Waals surface area contributed by atoms with E-state index in [1.54, 1.807) is 48.5 Å². The van der Waals surface area contributed by atoms with Crippen LogP contribution in [0.25, 0.3) is 33.3 Å². The van der Waals surface area contributed by atoms with E-state index in [0.29, 0.717) is 11.1 Å². The lowest BCUT2D eigenvalue weighted by molar-refractivity contribution is 0.00706. The smallest absolute Gasteiger partial charge is 0.337 e. The number of esters is 1. The first-order valence-corrected chi connectivity index (χ1v) is 11.7. The molecule has 2 saturated heterocycles. The van der Waals surface area contributed by atoms with Gasteiger partial charge in [0, 0.05) is 6.07 Å². The number of nitrogens with zero attached hydrogens (tertiary/aromatic N) is 1. The minimum absolute atomic E-state index is 0.00967. The van der Waals surface area contributed by atoms with Crippen molar-refractivity contribution in [2.75, 3.05) is 20.3 Å². The Morgan fingerprint density at radius 1 is 1.00 bits per heavy atom. The molecule has 3 aromatic carbocycles. The number of carbonyl (C=O) groups is 1. The van der Waals surface area contributed by atoms with Gasteiger partial charge < -0.3 is 29.0 Å². The second kappa shape index (κ2) is 9.22. The Bertz CT molecular complexity index is 1470. The number of aliphatic hydroxyl groups is 1. The summed E-state index contributed by atoms with van der Waals surface area (Å²) in [6.07, 6.45) is -2.21.